The van der Waals surface area contributed by atoms with Gasteiger partial charge in [0, 0.05) is 30.6 Å². The molecule has 4 rings (SSSR count). The predicted molar refractivity (Wildman–Crippen MR) is 107 cm³/mol. The molecule has 0 bridgehead atoms. The lowest BCUT2D eigenvalue weighted by atomic mass is 10.0. The number of aromatic nitrogens is 2. The summed E-state index contributed by atoms with van der Waals surface area (Å²) >= 11 is 0. The molecule has 0 spiro atoms. The van der Waals surface area contributed by atoms with E-state index in [0.717, 1.165) is 17.7 Å². The van der Waals surface area contributed by atoms with Crippen LogP contribution < -0.4 is 9.47 Å². The highest BCUT2D eigenvalue weighted by Gasteiger charge is 2.28. The minimum Gasteiger partial charge on any atom is -0.497 e. The van der Waals surface area contributed by atoms with E-state index in [1.54, 1.807) is 18.1 Å². The van der Waals surface area contributed by atoms with Crippen molar-refractivity contribution < 1.29 is 23.2 Å². The Kier molecular flexibility index (Phi) is 5.65. The number of likely N-dealkylation sites (tertiary alicyclic amines) is 1. The quantitative estimate of drug-likeness (QED) is 0.617. The van der Waals surface area contributed by atoms with Crippen molar-refractivity contribution in [1.29, 1.82) is 0 Å². The summed E-state index contributed by atoms with van der Waals surface area (Å²) in [5.74, 6) is 1.42. The number of amides is 1. The summed E-state index contributed by atoms with van der Waals surface area (Å²) in [6.07, 6.45) is 1.44. The molecule has 8 heteroatoms. The third-order valence-electron chi connectivity index (χ3n) is 5.25. The summed E-state index contributed by atoms with van der Waals surface area (Å²) in [4.78, 5) is 18.9. The Morgan fingerprint density at radius 1 is 1.20 bits per heavy atom. The standard InChI is InChI=1S/C22H22FN3O4/c1-28-17-6-3-15(4-7-17)21-24-20(25-30-21)11-14-9-10-26(13-14)22(27)16-5-8-19(29-2)18(23)12-16/h3-8,12,14H,9-11,13H2,1-2H3. The second-order valence-corrected chi connectivity index (χ2v) is 7.20. The van der Waals surface area contributed by atoms with Gasteiger partial charge in [0.2, 0.25) is 0 Å². The Morgan fingerprint density at radius 3 is 2.70 bits per heavy atom. The van der Waals surface area contributed by atoms with Gasteiger partial charge in [0.15, 0.2) is 17.4 Å². The van der Waals surface area contributed by atoms with Crippen molar-refractivity contribution in [2.24, 2.45) is 5.92 Å². The molecule has 0 N–H and O–H groups in total. The van der Waals surface area contributed by atoms with Crippen molar-refractivity contribution in [3.05, 3.63) is 59.7 Å². The van der Waals surface area contributed by atoms with E-state index in [2.05, 4.69) is 10.1 Å². The van der Waals surface area contributed by atoms with Gasteiger partial charge in [-0.2, -0.15) is 4.98 Å². The van der Waals surface area contributed by atoms with Crippen LogP contribution in [0, 0.1) is 11.7 Å². The SMILES string of the molecule is COc1ccc(-c2nc(CC3CCN(C(=O)c4ccc(OC)c(F)c4)C3)no2)cc1. The maximum absolute atomic E-state index is 13.9. The molecule has 7 nitrogen and oxygen atoms in total. The topological polar surface area (TPSA) is 77.7 Å². The lowest BCUT2D eigenvalue weighted by Gasteiger charge is -2.16. The Morgan fingerprint density at radius 2 is 2.00 bits per heavy atom. The number of ether oxygens (including phenoxy) is 2. The molecule has 2 heterocycles. The van der Waals surface area contributed by atoms with Crippen LogP contribution >= 0.6 is 0 Å². The van der Waals surface area contributed by atoms with E-state index in [1.165, 1.54) is 19.2 Å². The Balaban J connectivity index is 1.37. The molecular weight excluding hydrogens is 389 g/mol. The minimum atomic E-state index is -0.544. The van der Waals surface area contributed by atoms with Crippen LogP contribution in [-0.4, -0.2) is 48.3 Å². The molecule has 1 aliphatic rings. The first kappa shape index (κ1) is 19.9. The van der Waals surface area contributed by atoms with Gasteiger partial charge in [-0.1, -0.05) is 5.16 Å². The molecule has 30 heavy (non-hydrogen) atoms. The van der Waals surface area contributed by atoms with Gasteiger partial charge in [-0.05, 0) is 54.8 Å². The number of hydrogen-bond donors (Lipinski definition) is 0. The third kappa shape index (κ3) is 4.12. The Labute approximate surface area is 173 Å². The molecule has 0 radical (unpaired) electrons. The van der Waals surface area contributed by atoms with Crippen LogP contribution in [0.4, 0.5) is 4.39 Å². The molecule has 1 saturated heterocycles. The minimum absolute atomic E-state index is 0.121. The number of carbonyl (C=O) groups excluding carboxylic acids is 1. The molecule has 156 valence electrons. The molecule has 0 aliphatic carbocycles. The van der Waals surface area contributed by atoms with Crippen LogP contribution in [-0.2, 0) is 6.42 Å². The lowest BCUT2D eigenvalue weighted by Crippen LogP contribution is -2.29. The summed E-state index contributed by atoms with van der Waals surface area (Å²) in [5.41, 5.74) is 1.13. The van der Waals surface area contributed by atoms with Crippen LogP contribution in [0.5, 0.6) is 11.5 Å². The summed E-state index contributed by atoms with van der Waals surface area (Å²) < 4.78 is 29.4. The van der Waals surface area contributed by atoms with Crippen molar-refractivity contribution in [1.82, 2.24) is 15.0 Å². The molecule has 2 aromatic carbocycles. The van der Waals surface area contributed by atoms with Crippen molar-refractivity contribution in [2.75, 3.05) is 27.3 Å². The summed E-state index contributed by atoms with van der Waals surface area (Å²) in [6.45, 7) is 1.18. The monoisotopic (exact) mass is 411 g/mol. The number of benzene rings is 2. The maximum atomic E-state index is 13.9. The van der Waals surface area contributed by atoms with E-state index < -0.39 is 5.82 Å². The fraction of sp³-hybridized carbons (Fsp3) is 0.318. The fourth-order valence-corrected chi connectivity index (χ4v) is 3.61. The number of hydrogen-bond acceptors (Lipinski definition) is 6. The molecule has 1 unspecified atom stereocenters. The zero-order valence-corrected chi connectivity index (χ0v) is 16.8. The highest BCUT2D eigenvalue weighted by molar-refractivity contribution is 5.94. The van der Waals surface area contributed by atoms with Gasteiger partial charge >= 0.3 is 0 Å². The fourth-order valence-electron chi connectivity index (χ4n) is 3.61. The van der Waals surface area contributed by atoms with Gasteiger partial charge in [0.25, 0.3) is 11.8 Å². The van der Waals surface area contributed by atoms with Gasteiger partial charge in [-0.25, -0.2) is 4.39 Å². The van der Waals surface area contributed by atoms with Gasteiger partial charge < -0.3 is 18.9 Å². The second kappa shape index (κ2) is 8.52. The summed E-state index contributed by atoms with van der Waals surface area (Å²) in [7, 11) is 3.00. The number of halogens is 1. The number of nitrogens with zero attached hydrogens (tertiary/aromatic N) is 3. The average Bonchev–Trinajstić information content (AvgIpc) is 3.43. The smallest absolute Gasteiger partial charge is 0.257 e. The highest BCUT2D eigenvalue weighted by Crippen LogP contribution is 2.25. The first-order valence-corrected chi connectivity index (χ1v) is 9.67. The average molecular weight is 411 g/mol. The third-order valence-corrected chi connectivity index (χ3v) is 5.25. The van der Waals surface area contributed by atoms with Gasteiger partial charge in [0.1, 0.15) is 5.75 Å². The highest BCUT2D eigenvalue weighted by atomic mass is 19.1. The van der Waals surface area contributed by atoms with Gasteiger partial charge in [-0.3, -0.25) is 4.79 Å². The van der Waals surface area contributed by atoms with Crippen molar-refractivity contribution in [3.63, 3.8) is 0 Å². The molecule has 1 aliphatic heterocycles. The van der Waals surface area contributed by atoms with Crippen molar-refractivity contribution >= 4 is 5.91 Å². The molecular formula is C22H22FN3O4. The van der Waals surface area contributed by atoms with E-state index in [4.69, 9.17) is 14.0 Å². The van der Waals surface area contributed by atoms with E-state index in [0.29, 0.717) is 36.8 Å². The molecule has 1 amide bonds. The largest absolute Gasteiger partial charge is 0.497 e. The number of carbonyl (C=O) groups is 1. The molecule has 3 aromatic rings. The van der Waals surface area contributed by atoms with Crippen LogP contribution in [0.2, 0.25) is 0 Å². The molecule has 0 saturated carbocycles. The van der Waals surface area contributed by atoms with Crippen LogP contribution in [0.15, 0.2) is 47.0 Å². The molecule has 1 atom stereocenters. The maximum Gasteiger partial charge on any atom is 0.257 e. The van der Waals surface area contributed by atoms with E-state index >= 15 is 0 Å². The van der Waals surface area contributed by atoms with Crippen LogP contribution in [0.1, 0.15) is 22.6 Å². The van der Waals surface area contributed by atoms with E-state index in [-0.39, 0.29) is 17.6 Å². The second-order valence-electron chi connectivity index (χ2n) is 7.20. The normalized spacial score (nSPS) is 16.0. The molecule has 1 fully saturated rings. The first-order valence-electron chi connectivity index (χ1n) is 9.67. The van der Waals surface area contributed by atoms with Crippen LogP contribution in [0.25, 0.3) is 11.5 Å². The zero-order chi connectivity index (χ0) is 21.1. The molecule has 1 aromatic heterocycles. The van der Waals surface area contributed by atoms with Crippen LogP contribution in [0.3, 0.4) is 0 Å². The van der Waals surface area contributed by atoms with Crippen molar-refractivity contribution in [2.45, 2.75) is 12.8 Å². The van der Waals surface area contributed by atoms with Gasteiger partial charge in [-0.15, -0.1) is 0 Å². The van der Waals surface area contributed by atoms with Crippen molar-refractivity contribution in [3.8, 4) is 23.0 Å². The zero-order valence-electron chi connectivity index (χ0n) is 16.8. The lowest BCUT2D eigenvalue weighted by molar-refractivity contribution is 0.0786. The Bertz CT molecular complexity index is 1040. The first-order chi connectivity index (χ1) is 14.6. The van der Waals surface area contributed by atoms with Gasteiger partial charge in [0.05, 0.1) is 14.2 Å². The van der Waals surface area contributed by atoms with E-state index in [1.807, 2.05) is 24.3 Å². The summed E-state index contributed by atoms with van der Waals surface area (Å²) in [6, 6.07) is 11.7. The Hall–Kier alpha value is -3.42. The number of methoxy groups -OCH3 is 2. The summed E-state index contributed by atoms with van der Waals surface area (Å²) in [5, 5.41) is 4.07. The predicted octanol–water partition coefficient (Wildman–Crippen LogP) is 3.60. The van der Waals surface area contributed by atoms with E-state index in [9.17, 15) is 9.18 Å². The number of rotatable bonds is 6.